The van der Waals surface area contributed by atoms with E-state index in [4.69, 9.17) is 4.42 Å². The van der Waals surface area contributed by atoms with Crippen molar-refractivity contribution in [1.29, 1.82) is 5.26 Å². The molecule has 7 nitrogen and oxygen atoms in total. The Morgan fingerprint density at radius 3 is 2.61 bits per heavy atom. The Morgan fingerprint density at radius 2 is 1.96 bits per heavy atom. The maximum absolute atomic E-state index is 12.8. The molecular weight excluding hydrogens is 378 g/mol. The van der Waals surface area contributed by atoms with Gasteiger partial charge in [-0.3, -0.25) is 4.79 Å². The van der Waals surface area contributed by atoms with Gasteiger partial charge in [0.1, 0.15) is 23.2 Å². The van der Waals surface area contributed by atoms with Crippen LogP contribution in [0.4, 0.5) is 5.69 Å². The predicted octanol–water partition coefficient (Wildman–Crippen LogP) is 3.31. The number of sulfonamides is 1. The van der Waals surface area contributed by atoms with Crippen molar-refractivity contribution in [2.24, 2.45) is 0 Å². The number of carbonyl (C=O) groups excluding carboxylic acids is 1. The molecule has 1 amide bonds. The number of furan rings is 1. The summed E-state index contributed by atoms with van der Waals surface area (Å²) < 4.78 is 32.4. The lowest BCUT2D eigenvalue weighted by Gasteiger charge is -2.26. The van der Waals surface area contributed by atoms with Crippen LogP contribution in [0.1, 0.15) is 30.8 Å². The maximum atomic E-state index is 12.8. The minimum absolute atomic E-state index is 0.122. The van der Waals surface area contributed by atoms with E-state index < -0.39 is 15.9 Å². The van der Waals surface area contributed by atoms with Crippen LogP contribution in [0.25, 0.3) is 6.08 Å². The summed E-state index contributed by atoms with van der Waals surface area (Å²) in [6.07, 6.45) is 4.06. The van der Waals surface area contributed by atoms with Gasteiger partial charge in [0.2, 0.25) is 10.0 Å². The number of aryl methyl sites for hydroxylation is 1. The fourth-order valence-electron chi connectivity index (χ4n) is 3.01. The van der Waals surface area contributed by atoms with E-state index in [1.54, 1.807) is 31.2 Å². The molecule has 2 heterocycles. The lowest BCUT2D eigenvalue weighted by atomic mass is 10.2. The molecule has 1 saturated heterocycles. The Kier molecular flexibility index (Phi) is 5.97. The van der Waals surface area contributed by atoms with Gasteiger partial charge in [-0.25, -0.2) is 8.42 Å². The Hall–Kier alpha value is -2.89. The third-order valence-corrected chi connectivity index (χ3v) is 6.35. The maximum Gasteiger partial charge on any atom is 0.266 e. The Balaban J connectivity index is 1.79. The van der Waals surface area contributed by atoms with Crippen molar-refractivity contribution >= 4 is 27.7 Å². The van der Waals surface area contributed by atoms with Crippen LogP contribution in [-0.4, -0.2) is 31.7 Å². The fourth-order valence-corrected chi connectivity index (χ4v) is 4.57. The molecule has 0 atom stereocenters. The van der Waals surface area contributed by atoms with E-state index in [0.29, 0.717) is 30.3 Å². The smallest absolute Gasteiger partial charge is 0.266 e. The van der Waals surface area contributed by atoms with E-state index in [1.165, 1.54) is 22.5 Å². The summed E-state index contributed by atoms with van der Waals surface area (Å²) >= 11 is 0. The van der Waals surface area contributed by atoms with Crippen molar-refractivity contribution < 1.29 is 17.6 Å². The molecular formula is C20H21N3O4S. The lowest BCUT2D eigenvalue weighted by Crippen LogP contribution is -2.35. The first-order chi connectivity index (χ1) is 13.4. The average molecular weight is 399 g/mol. The van der Waals surface area contributed by atoms with E-state index in [9.17, 15) is 18.5 Å². The molecule has 1 aliphatic rings. The van der Waals surface area contributed by atoms with Crippen molar-refractivity contribution in [3.63, 3.8) is 0 Å². The zero-order chi connectivity index (χ0) is 20.1. The molecule has 0 spiro atoms. The Morgan fingerprint density at radius 1 is 1.21 bits per heavy atom. The van der Waals surface area contributed by atoms with Crippen LogP contribution in [0.3, 0.4) is 0 Å². The number of anilines is 1. The first kappa shape index (κ1) is 19.9. The van der Waals surface area contributed by atoms with Gasteiger partial charge in [0.15, 0.2) is 0 Å². The normalized spacial score (nSPS) is 15.8. The summed E-state index contributed by atoms with van der Waals surface area (Å²) in [5.41, 5.74) is 0.165. The Labute approximate surface area is 164 Å². The van der Waals surface area contributed by atoms with Crippen LogP contribution < -0.4 is 5.32 Å². The van der Waals surface area contributed by atoms with E-state index in [2.05, 4.69) is 5.32 Å². The molecule has 0 bridgehead atoms. The van der Waals surface area contributed by atoms with Gasteiger partial charge in [-0.2, -0.15) is 9.57 Å². The van der Waals surface area contributed by atoms with Gasteiger partial charge in [0, 0.05) is 24.9 Å². The molecule has 1 fully saturated rings. The molecule has 1 aromatic heterocycles. The summed E-state index contributed by atoms with van der Waals surface area (Å²) in [6, 6.07) is 11.3. The molecule has 1 aromatic carbocycles. The van der Waals surface area contributed by atoms with Crippen molar-refractivity contribution in [3.05, 3.63) is 53.5 Å². The number of nitrogens with zero attached hydrogens (tertiary/aromatic N) is 2. The largest absolute Gasteiger partial charge is 0.462 e. The summed E-state index contributed by atoms with van der Waals surface area (Å²) in [5.74, 6) is 0.425. The molecule has 0 radical (unpaired) electrons. The Bertz CT molecular complexity index is 1040. The van der Waals surface area contributed by atoms with Gasteiger partial charge in [-0.1, -0.05) is 12.5 Å². The second-order valence-corrected chi connectivity index (χ2v) is 8.50. The fraction of sp³-hybridized carbons (Fsp3) is 0.300. The van der Waals surface area contributed by atoms with Gasteiger partial charge in [-0.05, 0) is 50.1 Å². The number of piperidine rings is 1. The lowest BCUT2D eigenvalue weighted by molar-refractivity contribution is -0.112. The molecule has 0 unspecified atom stereocenters. The predicted molar refractivity (Wildman–Crippen MR) is 105 cm³/mol. The highest BCUT2D eigenvalue weighted by molar-refractivity contribution is 7.89. The number of carbonyl (C=O) groups is 1. The van der Waals surface area contributed by atoms with Crippen molar-refractivity contribution in [2.75, 3.05) is 18.4 Å². The van der Waals surface area contributed by atoms with Crippen molar-refractivity contribution in [2.45, 2.75) is 31.1 Å². The van der Waals surface area contributed by atoms with E-state index in [-0.39, 0.29) is 10.5 Å². The highest BCUT2D eigenvalue weighted by Crippen LogP contribution is 2.23. The molecule has 146 valence electrons. The number of hydrogen-bond acceptors (Lipinski definition) is 5. The van der Waals surface area contributed by atoms with Crippen LogP contribution in [0.2, 0.25) is 0 Å². The monoisotopic (exact) mass is 399 g/mol. The molecule has 8 heteroatoms. The van der Waals surface area contributed by atoms with Gasteiger partial charge < -0.3 is 9.73 Å². The quantitative estimate of drug-likeness (QED) is 0.614. The second-order valence-electron chi connectivity index (χ2n) is 6.56. The van der Waals surface area contributed by atoms with E-state index >= 15 is 0 Å². The topological polar surface area (TPSA) is 103 Å². The molecule has 3 rings (SSSR count). The van der Waals surface area contributed by atoms with Crippen LogP contribution in [0.15, 0.2) is 51.3 Å². The van der Waals surface area contributed by atoms with E-state index in [1.807, 2.05) is 6.07 Å². The second kappa shape index (κ2) is 8.42. The summed E-state index contributed by atoms with van der Waals surface area (Å²) in [7, 11) is -3.60. The minimum atomic E-state index is -3.60. The summed E-state index contributed by atoms with van der Waals surface area (Å²) in [4.78, 5) is 12.5. The number of rotatable bonds is 5. The molecule has 0 aliphatic carbocycles. The number of hydrogen-bond donors (Lipinski definition) is 1. The minimum Gasteiger partial charge on any atom is -0.462 e. The van der Waals surface area contributed by atoms with Crippen LogP contribution in [0, 0.1) is 18.3 Å². The van der Waals surface area contributed by atoms with Crippen molar-refractivity contribution in [3.8, 4) is 6.07 Å². The van der Waals surface area contributed by atoms with Gasteiger partial charge in [0.05, 0.1) is 4.90 Å². The molecule has 1 N–H and O–H groups in total. The first-order valence-corrected chi connectivity index (χ1v) is 10.4. The zero-order valence-corrected chi connectivity index (χ0v) is 16.3. The number of nitriles is 1. The summed E-state index contributed by atoms with van der Waals surface area (Å²) in [5, 5.41) is 11.9. The first-order valence-electron chi connectivity index (χ1n) is 9.00. The standard InChI is InChI=1S/C20H21N3O4S/c1-15-8-9-18(27-15)12-16(14-21)20(24)22-17-6-5-7-19(13-17)28(25,26)23-10-3-2-4-11-23/h5-9,12-13H,2-4,10-11H2,1H3,(H,22,24)/b16-12+. The van der Waals surface area contributed by atoms with Crippen LogP contribution >= 0.6 is 0 Å². The highest BCUT2D eigenvalue weighted by atomic mass is 32.2. The summed E-state index contributed by atoms with van der Waals surface area (Å²) in [6.45, 7) is 2.77. The number of amides is 1. The molecule has 2 aromatic rings. The van der Waals surface area contributed by atoms with Crippen molar-refractivity contribution in [1.82, 2.24) is 4.31 Å². The molecule has 28 heavy (non-hydrogen) atoms. The SMILES string of the molecule is Cc1ccc(/C=C(\C#N)C(=O)Nc2cccc(S(=O)(=O)N3CCCCC3)c2)o1. The highest BCUT2D eigenvalue weighted by Gasteiger charge is 2.26. The van der Waals surface area contributed by atoms with Crippen LogP contribution in [-0.2, 0) is 14.8 Å². The van der Waals surface area contributed by atoms with Gasteiger partial charge in [-0.15, -0.1) is 0 Å². The van der Waals surface area contributed by atoms with Gasteiger partial charge in [0.25, 0.3) is 5.91 Å². The van der Waals surface area contributed by atoms with Gasteiger partial charge >= 0.3 is 0 Å². The number of benzene rings is 1. The number of nitrogens with one attached hydrogen (secondary N) is 1. The zero-order valence-electron chi connectivity index (χ0n) is 15.5. The average Bonchev–Trinajstić information content (AvgIpc) is 3.11. The van der Waals surface area contributed by atoms with E-state index in [0.717, 1.165) is 19.3 Å². The third kappa shape index (κ3) is 4.50. The van der Waals surface area contributed by atoms with Crippen LogP contribution in [0.5, 0.6) is 0 Å². The molecule has 1 aliphatic heterocycles. The third-order valence-electron chi connectivity index (χ3n) is 4.46. The molecule has 0 saturated carbocycles.